The topological polar surface area (TPSA) is 83.5 Å². The molecule has 4 N–H and O–H groups in total. The number of carboxylic acids is 1. The van der Waals surface area contributed by atoms with E-state index in [1.165, 1.54) is 0 Å². The molecule has 0 fully saturated rings. The first-order chi connectivity index (χ1) is 8.99. The molecule has 0 aliphatic rings. The van der Waals surface area contributed by atoms with Gasteiger partial charge in [-0.1, -0.05) is 54.1 Å². The van der Waals surface area contributed by atoms with Crippen LogP contribution in [0.2, 0.25) is 0 Å². The summed E-state index contributed by atoms with van der Waals surface area (Å²) in [7, 11) is 0. The highest BCUT2D eigenvalue weighted by Gasteiger charge is 2.15. The maximum absolute atomic E-state index is 10.5. The van der Waals surface area contributed by atoms with Gasteiger partial charge in [-0.05, 0) is 12.5 Å². The first-order valence-corrected chi connectivity index (χ1v) is 6.06. The molecule has 0 saturated heterocycles. The summed E-state index contributed by atoms with van der Waals surface area (Å²) in [6.45, 7) is 1.83. The molecule has 0 radical (unpaired) electrons. The summed E-state index contributed by atoms with van der Waals surface area (Å²) in [5, 5.41) is 18.3. The number of aliphatic hydroxyl groups is 1. The van der Waals surface area contributed by atoms with Crippen LogP contribution in [0.4, 0.5) is 0 Å². The second-order valence-electron chi connectivity index (χ2n) is 4.41. The van der Waals surface area contributed by atoms with E-state index in [0.717, 1.165) is 11.1 Å². The quantitative estimate of drug-likeness (QED) is 0.682. The molecule has 4 nitrogen and oxygen atoms in total. The summed E-state index contributed by atoms with van der Waals surface area (Å²) in [4.78, 5) is 10.5. The second kappa shape index (κ2) is 7.51. The summed E-state index contributed by atoms with van der Waals surface area (Å²) in [6, 6.07) is 8.96. The van der Waals surface area contributed by atoms with Gasteiger partial charge >= 0.3 is 5.97 Å². The number of nitrogens with two attached hydrogens (primary N) is 1. The van der Waals surface area contributed by atoms with Crippen molar-refractivity contribution in [3.05, 3.63) is 53.6 Å². The normalized spacial score (nSPS) is 15.4. The molecule has 4 heteroatoms. The molecule has 0 bridgehead atoms. The lowest BCUT2D eigenvalue weighted by atomic mass is 10.1. The number of aliphatic hydroxyl groups excluding tert-OH is 1. The summed E-state index contributed by atoms with van der Waals surface area (Å²) < 4.78 is 0. The molecule has 19 heavy (non-hydrogen) atoms. The first kappa shape index (κ1) is 15.1. The number of aliphatic carboxylic acids is 1. The van der Waals surface area contributed by atoms with Gasteiger partial charge in [-0.15, -0.1) is 0 Å². The number of hydrogen-bond acceptors (Lipinski definition) is 3. The average Bonchev–Trinajstić information content (AvgIpc) is 2.36. The van der Waals surface area contributed by atoms with Crippen molar-refractivity contribution in [2.75, 3.05) is 0 Å². The molecule has 2 unspecified atom stereocenters. The minimum absolute atomic E-state index is 0.257. The van der Waals surface area contributed by atoms with Crippen LogP contribution in [0.25, 0.3) is 6.08 Å². The molecule has 0 amide bonds. The summed E-state index contributed by atoms with van der Waals surface area (Å²) in [6.07, 6.45) is 4.12. The van der Waals surface area contributed by atoms with Crippen LogP contribution in [-0.2, 0) is 4.79 Å². The molecule has 0 aliphatic heterocycles. The van der Waals surface area contributed by atoms with E-state index in [2.05, 4.69) is 0 Å². The third-order valence-electron chi connectivity index (χ3n) is 2.62. The third-order valence-corrected chi connectivity index (χ3v) is 2.62. The van der Waals surface area contributed by atoms with Gasteiger partial charge in [0.2, 0.25) is 0 Å². The SMILES string of the molecule is CC(C=Cc1ccccc1)=CC(O)C(N)CC(=O)O. The van der Waals surface area contributed by atoms with Crippen molar-refractivity contribution >= 4 is 12.0 Å². The molecule has 1 aromatic carbocycles. The standard InChI is InChI=1S/C15H19NO3/c1-11(7-8-12-5-3-2-4-6-12)9-14(17)13(16)10-15(18)19/h2-9,13-14,17H,10,16H2,1H3,(H,18,19). The minimum atomic E-state index is -1.02. The highest BCUT2D eigenvalue weighted by atomic mass is 16.4. The lowest BCUT2D eigenvalue weighted by molar-refractivity contribution is -0.137. The summed E-state index contributed by atoms with van der Waals surface area (Å²) >= 11 is 0. The number of carbonyl (C=O) groups is 1. The number of allylic oxidation sites excluding steroid dienone is 2. The molecule has 0 spiro atoms. The van der Waals surface area contributed by atoms with Crippen LogP contribution in [0, 0.1) is 0 Å². The third kappa shape index (κ3) is 5.99. The van der Waals surface area contributed by atoms with Crippen LogP contribution >= 0.6 is 0 Å². The highest BCUT2D eigenvalue weighted by molar-refractivity contribution is 5.67. The monoisotopic (exact) mass is 261 g/mol. The Morgan fingerprint density at radius 1 is 1.37 bits per heavy atom. The van der Waals surface area contributed by atoms with Gasteiger partial charge in [-0.25, -0.2) is 0 Å². The van der Waals surface area contributed by atoms with Crippen molar-refractivity contribution in [2.24, 2.45) is 5.73 Å². The van der Waals surface area contributed by atoms with E-state index in [-0.39, 0.29) is 6.42 Å². The Morgan fingerprint density at radius 2 is 2.00 bits per heavy atom. The molecule has 0 heterocycles. The minimum Gasteiger partial charge on any atom is -0.481 e. The van der Waals surface area contributed by atoms with Crippen molar-refractivity contribution in [3.8, 4) is 0 Å². The summed E-state index contributed by atoms with van der Waals surface area (Å²) in [5.41, 5.74) is 7.46. The van der Waals surface area contributed by atoms with E-state index < -0.39 is 18.1 Å². The van der Waals surface area contributed by atoms with Gasteiger partial charge in [0.25, 0.3) is 0 Å². The van der Waals surface area contributed by atoms with E-state index in [4.69, 9.17) is 10.8 Å². The maximum Gasteiger partial charge on any atom is 0.305 e. The predicted octanol–water partition coefficient (Wildman–Crippen LogP) is 1.81. The smallest absolute Gasteiger partial charge is 0.305 e. The van der Waals surface area contributed by atoms with Crippen molar-refractivity contribution in [1.82, 2.24) is 0 Å². The molecule has 2 atom stereocenters. The van der Waals surface area contributed by atoms with Gasteiger partial charge in [0.15, 0.2) is 0 Å². The molecule has 0 aliphatic carbocycles. The zero-order valence-electron chi connectivity index (χ0n) is 10.9. The number of carboxylic acid groups (broad SMARTS) is 1. The van der Waals surface area contributed by atoms with E-state index in [1.807, 2.05) is 49.4 Å². The van der Waals surface area contributed by atoms with E-state index in [1.54, 1.807) is 6.08 Å². The fourth-order valence-electron chi connectivity index (χ4n) is 1.56. The fourth-order valence-corrected chi connectivity index (χ4v) is 1.56. The van der Waals surface area contributed by atoms with Crippen LogP contribution in [0.3, 0.4) is 0 Å². The van der Waals surface area contributed by atoms with Crippen LogP contribution in [0.1, 0.15) is 18.9 Å². The first-order valence-electron chi connectivity index (χ1n) is 6.06. The Morgan fingerprint density at radius 3 is 2.58 bits per heavy atom. The van der Waals surface area contributed by atoms with Crippen LogP contribution in [-0.4, -0.2) is 28.3 Å². The maximum atomic E-state index is 10.5. The second-order valence-corrected chi connectivity index (χ2v) is 4.41. The van der Waals surface area contributed by atoms with Crippen molar-refractivity contribution in [2.45, 2.75) is 25.5 Å². The fraction of sp³-hybridized carbons (Fsp3) is 0.267. The Kier molecular flexibility index (Phi) is 5.99. The lowest BCUT2D eigenvalue weighted by Crippen LogP contribution is -2.35. The molecule has 1 rings (SSSR count). The van der Waals surface area contributed by atoms with Crippen molar-refractivity contribution < 1.29 is 15.0 Å². The van der Waals surface area contributed by atoms with Crippen molar-refractivity contribution in [3.63, 3.8) is 0 Å². The number of hydrogen-bond donors (Lipinski definition) is 3. The average molecular weight is 261 g/mol. The van der Waals surface area contributed by atoms with E-state index in [9.17, 15) is 9.90 Å². The lowest BCUT2D eigenvalue weighted by Gasteiger charge is -2.13. The van der Waals surface area contributed by atoms with Crippen LogP contribution in [0.5, 0.6) is 0 Å². The molecule has 0 aromatic heterocycles. The Balaban J connectivity index is 2.61. The molecular formula is C15H19NO3. The van der Waals surface area contributed by atoms with E-state index in [0.29, 0.717) is 0 Å². The summed E-state index contributed by atoms with van der Waals surface area (Å²) in [5.74, 6) is -1.02. The molecule has 102 valence electrons. The Bertz CT molecular complexity index is 466. The number of rotatable bonds is 6. The predicted molar refractivity (Wildman–Crippen MR) is 75.5 cm³/mol. The molecular weight excluding hydrogens is 242 g/mol. The highest BCUT2D eigenvalue weighted by Crippen LogP contribution is 2.07. The largest absolute Gasteiger partial charge is 0.481 e. The van der Waals surface area contributed by atoms with E-state index >= 15 is 0 Å². The van der Waals surface area contributed by atoms with Gasteiger partial charge in [0.1, 0.15) is 0 Å². The zero-order valence-corrected chi connectivity index (χ0v) is 10.9. The zero-order chi connectivity index (χ0) is 14.3. The Labute approximate surface area is 112 Å². The van der Waals surface area contributed by atoms with Gasteiger partial charge in [0, 0.05) is 6.04 Å². The Hall–Kier alpha value is -1.91. The van der Waals surface area contributed by atoms with Crippen LogP contribution < -0.4 is 5.73 Å². The van der Waals surface area contributed by atoms with Crippen molar-refractivity contribution in [1.29, 1.82) is 0 Å². The van der Waals surface area contributed by atoms with Gasteiger partial charge in [0.05, 0.1) is 12.5 Å². The van der Waals surface area contributed by atoms with Gasteiger partial charge in [-0.2, -0.15) is 0 Å². The number of benzene rings is 1. The molecule has 0 saturated carbocycles. The van der Waals surface area contributed by atoms with Gasteiger partial charge < -0.3 is 15.9 Å². The van der Waals surface area contributed by atoms with Gasteiger partial charge in [-0.3, -0.25) is 4.79 Å². The molecule has 1 aromatic rings. The van der Waals surface area contributed by atoms with Crippen LogP contribution in [0.15, 0.2) is 48.1 Å².